The molecule has 21 heavy (non-hydrogen) atoms. The van der Waals surface area contributed by atoms with Crippen molar-refractivity contribution < 1.29 is 4.39 Å². The lowest BCUT2D eigenvalue weighted by atomic mass is 10.2. The van der Waals surface area contributed by atoms with Gasteiger partial charge in [-0.3, -0.25) is 4.57 Å². The second kappa shape index (κ2) is 5.28. The molecule has 2 aromatic heterocycles. The number of nitrogens with zero attached hydrogens (tertiary/aromatic N) is 3. The normalized spacial score (nSPS) is 12.8. The highest BCUT2D eigenvalue weighted by molar-refractivity contribution is 6.30. The average Bonchev–Trinajstić information content (AvgIpc) is 2.80. The highest BCUT2D eigenvalue weighted by atomic mass is 35.5. The Morgan fingerprint density at radius 1 is 1.29 bits per heavy atom. The minimum Gasteiger partial charge on any atom is -0.276 e. The molecule has 3 rings (SSSR count). The zero-order chi connectivity index (χ0) is 15.1. The smallest absolute Gasteiger partial charge is 0.164 e. The molecule has 2 heterocycles. The van der Waals surface area contributed by atoms with Crippen LogP contribution in [0.2, 0.25) is 5.02 Å². The second-order valence-electron chi connectivity index (χ2n) is 4.87. The summed E-state index contributed by atoms with van der Waals surface area (Å²) in [6.07, 6.45) is 1.71. The van der Waals surface area contributed by atoms with Gasteiger partial charge in [-0.25, -0.2) is 14.4 Å². The topological polar surface area (TPSA) is 30.7 Å². The van der Waals surface area contributed by atoms with Crippen molar-refractivity contribution in [3.8, 4) is 5.69 Å². The molecule has 0 aliphatic carbocycles. The van der Waals surface area contributed by atoms with Crippen molar-refractivity contribution in [1.82, 2.24) is 14.5 Å². The van der Waals surface area contributed by atoms with Crippen molar-refractivity contribution in [3.05, 3.63) is 52.7 Å². The van der Waals surface area contributed by atoms with E-state index in [1.807, 2.05) is 13.0 Å². The van der Waals surface area contributed by atoms with E-state index in [1.165, 1.54) is 12.1 Å². The number of halogens is 3. The molecule has 6 heteroatoms. The molecule has 3 nitrogen and oxygen atoms in total. The van der Waals surface area contributed by atoms with E-state index < -0.39 is 11.2 Å². The van der Waals surface area contributed by atoms with Crippen LogP contribution in [-0.2, 0) is 0 Å². The van der Waals surface area contributed by atoms with Crippen LogP contribution in [0.1, 0.15) is 23.7 Å². The van der Waals surface area contributed by atoms with E-state index in [0.29, 0.717) is 27.7 Å². The number of alkyl halides is 1. The van der Waals surface area contributed by atoms with Crippen LogP contribution in [0, 0.1) is 12.7 Å². The zero-order valence-corrected chi connectivity index (χ0v) is 13.0. The molecule has 0 spiro atoms. The molecule has 0 aliphatic heterocycles. The zero-order valence-electron chi connectivity index (χ0n) is 11.4. The third kappa shape index (κ3) is 2.49. The Balaban J connectivity index is 2.39. The Kier molecular flexibility index (Phi) is 3.59. The van der Waals surface area contributed by atoms with Crippen LogP contribution >= 0.6 is 23.2 Å². The summed E-state index contributed by atoms with van der Waals surface area (Å²) >= 11 is 12.2. The van der Waals surface area contributed by atoms with Gasteiger partial charge >= 0.3 is 0 Å². The lowest BCUT2D eigenvalue weighted by Gasteiger charge is -2.11. The minimum atomic E-state index is -0.403. The predicted molar refractivity (Wildman–Crippen MR) is 82.8 cm³/mol. The van der Waals surface area contributed by atoms with Crippen LogP contribution < -0.4 is 0 Å². The molecule has 0 bridgehead atoms. The van der Waals surface area contributed by atoms with Gasteiger partial charge < -0.3 is 0 Å². The van der Waals surface area contributed by atoms with E-state index in [4.69, 9.17) is 23.2 Å². The maximum absolute atomic E-state index is 14.2. The molecule has 0 saturated carbocycles. The molecular formula is C15H12Cl2FN3. The summed E-state index contributed by atoms with van der Waals surface area (Å²) in [6, 6.07) is 6.26. The Labute approximate surface area is 131 Å². The summed E-state index contributed by atoms with van der Waals surface area (Å²) in [7, 11) is 0. The molecule has 0 fully saturated rings. The molecule has 1 unspecified atom stereocenters. The van der Waals surface area contributed by atoms with Gasteiger partial charge in [0.15, 0.2) is 5.65 Å². The van der Waals surface area contributed by atoms with Crippen LogP contribution in [-0.4, -0.2) is 14.5 Å². The fourth-order valence-electron chi connectivity index (χ4n) is 2.24. The molecule has 3 aromatic rings. The third-order valence-electron chi connectivity index (χ3n) is 3.16. The first kappa shape index (κ1) is 14.3. The van der Waals surface area contributed by atoms with Gasteiger partial charge in [-0.15, -0.1) is 11.6 Å². The highest BCUT2D eigenvalue weighted by Crippen LogP contribution is 2.29. The Hall–Kier alpha value is -1.65. The molecular weight excluding hydrogens is 312 g/mol. The summed E-state index contributed by atoms with van der Waals surface area (Å²) in [6.45, 7) is 3.71. The van der Waals surface area contributed by atoms with Gasteiger partial charge in [0, 0.05) is 11.2 Å². The van der Waals surface area contributed by atoms with E-state index in [-0.39, 0.29) is 0 Å². The minimum absolute atomic E-state index is 0.295. The fraction of sp³-hybridized carbons (Fsp3) is 0.200. The second-order valence-corrected chi connectivity index (χ2v) is 5.96. The molecule has 0 saturated heterocycles. The molecule has 0 radical (unpaired) electrons. The average molecular weight is 324 g/mol. The van der Waals surface area contributed by atoms with Gasteiger partial charge in [0.05, 0.1) is 11.1 Å². The highest BCUT2D eigenvalue weighted by Gasteiger charge is 2.19. The number of aromatic nitrogens is 3. The van der Waals surface area contributed by atoms with Crippen molar-refractivity contribution in [2.45, 2.75) is 19.2 Å². The van der Waals surface area contributed by atoms with Gasteiger partial charge in [0.1, 0.15) is 17.2 Å². The number of pyridine rings is 1. The Morgan fingerprint density at radius 2 is 2.05 bits per heavy atom. The maximum Gasteiger partial charge on any atom is 0.164 e. The van der Waals surface area contributed by atoms with Crippen LogP contribution in [0.4, 0.5) is 4.39 Å². The summed E-state index contributed by atoms with van der Waals surface area (Å²) in [5.41, 5.74) is 2.51. The molecule has 0 N–H and O–H groups in total. The van der Waals surface area contributed by atoms with Gasteiger partial charge in [0.25, 0.3) is 0 Å². The fourth-order valence-corrected chi connectivity index (χ4v) is 2.56. The van der Waals surface area contributed by atoms with Crippen LogP contribution in [0.5, 0.6) is 0 Å². The van der Waals surface area contributed by atoms with Gasteiger partial charge in [-0.1, -0.05) is 11.6 Å². The first-order chi connectivity index (χ1) is 9.97. The van der Waals surface area contributed by atoms with Crippen molar-refractivity contribution in [1.29, 1.82) is 0 Å². The number of aryl methyl sites for hydroxylation is 1. The van der Waals surface area contributed by atoms with Crippen molar-refractivity contribution in [2.24, 2.45) is 0 Å². The Bertz CT molecular complexity index is 827. The number of hydrogen-bond acceptors (Lipinski definition) is 2. The number of imidazole rings is 1. The molecule has 0 aliphatic rings. The summed E-state index contributed by atoms with van der Waals surface area (Å²) in [5.74, 6) is 0.130. The van der Waals surface area contributed by atoms with Gasteiger partial charge in [-0.2, -0.15) is 0 Å². The molecule has 1 atom stereocenters. The van der Waals surface area contributed by atoms with E-state index in [9.17, 15) is 4.39 Å². The largest absolute Gasteiger partial charge is 0.276 e. The quantitative estimate of drug-likeness (QED) is 0.633. The predicted octanol–water partition coefficient (Wildman–Crippen LogP) is 4.82. The maximum atomic E-state index is 14.2. The number of fused-ring (bicyclic) bond motifs is 1. The first-order valence-corrected chi connectivity index (χ1v) is 7.23. The molecule has 1 aromatic carbocycles. The first-order valence-electron chi connectivity index (χ1n) is 6.42. The summed E-state index contributed by atoms with van der Waals surface area (Å²) < 4.78 is 15.8. The lowest BCUT2D eigenvalue weighted by Crippen LogP contribution is -2.05. The number of benzene rings is 1. The molecule has 0 amide bonds. The van der Waals surface area contributed by atoms with Crippen molar-refractivity contribution in [3.63, 3.8) is 0 Å². The SMILES string of the molecule is Cc1cnc2c(c1)nc(C(C)Cl)n2-c1cc(Cl)ccc1F. The van der Waals surface area contributed by atoms with E-state index in [1.54, 1.807) is 23.8 Å². The van der Waals surface area contributed by atoms with E-state index in [2.05, 4.69) is 9.97 Å². The Morgan fingerprint density at radius 3 is 2.76 bits per heavy atom. The van der Waals surface area contributed by atoms with Gasteiger partial charge in [0.2, 0.25) is 0 Å². The summed E-state index contributed by atoms with van der Waals surface area (Å²) in [5, 5.41) is 0.0476. The third-order valence-corrected chi connectivity index (χ3v) is 3.60. The lowest BCUT2D eigenvalue weighted by molar-refractivity contribution is 0.616. The number of hydrogen-bond donors (Lipinski definition) is 0. The van der Waals surface area contributed by atoms with Crippen LogP contribution in [0.15, 0.2) is 30.5 Å². The van der Waals surface area contributed by atoms with Crippen LogP contribution in [0.25, 0.3) is 16.9 Å². The summed E-state index contributed by atoms with van der Waals surface area (Å²) in [4.78, 5) is 8.84. The molecule has 108 valence electrons. The standard InChI is InChI=1S/C15H12Cl2FN3/c1-8-5-12-15(19-7-8)21(14(20-12)9(2)16)13-6-10(17)3-4-11(13)18/h3-7,9H,1-2H3. The van der Waals surface area contributed by atoms with E-state index >= 15 is 0 Å². The van der Waals surface area contributed by atoms with Gasteiger partial charge in [-0.05, 0) is 43.7 Å². The monoisotopic (exact) mass is 323 g/mol. The number of rotatable bonds is 2. The van der Waals surface area contributed by atoms with Crippen molar-refractivity contribution in [2.75, 3.05) is 0 Å². The van der Waals surface area contributed by atoms with Crippen molar-refractivity contribution >= 4 is 34.4 Å². The van der Waals surface area contributed by atoms with E-state index in [0.717, 1.165) is 5.56 Å². The van der Waals surface area contributed by atoms with Crippen LogP contribution in [0.3, 0.4) is 0 Å².